The summed E-state index contributed by atoms with van der Waals surface area (Å²) in [5, 5.41) is 3.14. The third kappa shape index (κ3) is 2.28. The van der Waals surface area contributed by atoms with E-state index in [0.717, 1.165) is 6.54 Å². The SMILES string of the molecule is CNCc1ccc(-c2ccncc2C)cc1. The van der Waals surface area contributed by atoms with Crippen LogP contribution >= 0.6 is 0 Å². The number of rotatable bonds is 3. The van der Waals surface area contributed by atoms with Gasteiger partial charge in [-0.2, -0.15) is 0 Å². The van der Waals surface area contributed by atoms with Crippen LogP contribution in [0.25, 0.3) is 11.1 Å². The molecular weight excluding hydrogens is 196 g/mol. The van der Waals surface area contributed by atoms with E-state index in [-0.39, 0.29) is 0 Å². The minimum Gasteiger partial charge on any atom is -0.316 e. The first kappa shape index (κ1) is 10.8. The van der Waals surface area contributed by atoms with Gasteiger partial charge in [0, 0.05) is 18.9 Å². The van der Waals surface area contributed by atoms with E-state index in [1.165, 1.54) is 22.3 Å². The average molecular weight is 212 g/mol. The second-order valence-electron chi connectivity index (χ2n) is 3.92. The molecule has 0 saturated carbocycles. The van der Waals surface area contributed by atoms with Crippen LogP contribution < -0.4 is 5.32 Å². The van der Waals surface area contributed by atoms with E-state index in [2.05, 4.69) is 47.6 Å². The van der Waals surface area contributed by atoms with E-state index >= 15 is 0 Å². The zero-order valence-electron chi connectivity index (χ0n) is 9.70. The van der Waals surface area contributed by atoms with Crippen molar-refractivity contribution in [1.29, 1.82) is 0 Å². The van der Waals surface area contributed by atoms with Crippen molar-refractivity contribution in [1.82, 2.24) is 10.3 Å². The van der Waals surface area contributed by atoms with Crippen molar-refractivity contribution >= 4 is 0 Å². The van der Waals surface area contributed by atoms with Gasteiger partial charge in [-0.05, 0) is 42.3 Å². The molecule has 0 aliphatic rings. The average Bonchev–Trinajstić information content (AvgIpc) is 2.31. The maximum absolute atomic E-state index is 4.11. The Morgan fingerprint density at radius 3 is 2.50 bits per heavy atom. The minimum absolute atomic E-state index is 0.912. The molecule has 0 radical (unpaired) electrons. The standard InChI is InChI=1S/C14H16N2/c1-11-9-16-8-7-14(11)13-5-3-12(4-6-13)10-15-2/h3-9,15H,10H2,1-2H3. The molecule has 0 bridgehead atoms. The van der Waals surface area contributed by atoms with Crippen LogP contribution in [0, 0.1) is 6.92 Å². The fraction of sp³-hybridized carbons (Fsp3) is 0.214. The van der Waals surface area contributed by atoms with Crippen molar-refractivity contribution in [2.24, 2.45) is 0 Å². The molecule has 2 heteroatoms. The van der Waals surface area contributed by atoms with Gasteiger partial charge in [0.15, 0.2) is 0 Å². The molecule has 2 nitrogen and oxygen atoms in total. The van der Waals surface area contributed by atoms with Crippen molar-refractivity contribution in [3.8, 4) is 11.1 Å². The fourth-order valence-electron chi connectivity index (χ4n) is 1.80. The summed E-state index contributed by atoms with van der Waals surface area (Å²) in [5.74, 6) is 0. The smallest absolute Gasteiger partial charge is 0.0303 e. The topological polar surface area (TPSA) is 24.9 Å². The molecule has 2 rings (SSSR count). The summed E-state index contributed by atoms with van der Waals surface area (Å²) in [4.78, 5) is 4.11. The van der Waals surface area contributed by atoms with Crippen LogP contribution in [-0.2, 0) is 6.54 Å². The summed E-state index contributed by atoms with van der Waals surface area (Å²) < 4.78 is 0. The fourth-order valence-corrected chi connectivity index (χ4v) is 1.80. The lowest BCUT2D eigenvalue weighted by atomic mass is 10.0. The molecule has 16 heavy (non-hydrogen) atoms. The Morgan fingerprint density at radius 1 is 1.12 bits per heavy atom. The van der Waals surface area contributed by atoms with Crippen LogP contribution in [0.3, 0.4) is 0 Å². The Morgan fingerprint density at radius 2 is 1.88 bits per heavy atom. The Labute approximate surface area is 96.4 Å². The quantitative estimate of drug-likeness (QED) is 0.846. The van der Waals surface area contributed by atoms with Crippen molar-refractivity contribution in [2.75, 3.05) is 7.05 Å². The Kier molecular flexibility index (Phi) is 3.32. The molecule has 1 aromatic carbocycles. The highest BCUT2D eigenvalue weighted by Crippen LogP contribution is 2.22. The van der Waals surface area contributed by atoms with Crippen LogP contribution in [0.2, 0.25) is 0 Å². The number of aromatic nitrogens is 1. The maximum atomic E-state index is 4.11. The molecule has 0 fully saturated rings. The summed E-state index contributed by atoms with van der Waals surface area (Å²) in [5.41, 5.74) is 5.02. The van der Waals surface area contributed by atoms with Crippen LogP contribution in [0.1, 0.15) is 11.1 Å². The zero-order valence-corrected chi connectivity index (χ0v) is 9.70. The van der Waals surface area contributed by atoms with Crippen LogP contribution in [-0.4, -0.2) is 12.0 Å². The van der Waals surface area contributed by atoms with Crippen LogP contribution in [0.15, 0.2) is 42.7 Å². The highest BCUT2D eigenvalue weighted by Gasteiger charge is 2.00. The van der Waals surface area contributed by atoms with E-state index in [1.54, 1.807) is 0 Å². The third-order valence-corrected chi connectivity index (χ3v) is 2.67. The van der Waals surface area contributed by atoms with E-state index < -0.39 is 0 Å². The summed E-state index contributed by atoms with van der Waals surface area (Å²) >= 11 is 0. The molecular formula is C14H16N2. The van der Waals surface area contributed by atoms with Gasteiger partial charge in [0.2, 0.25) is 0 Å². The largest absolute Gasteiger partial charge is 0.316 e. The molecule has 1 N–H and O–H groups in total. The lowest BCUT2D eigenvalue weighted by Gasteiger charge is -2.06. The Balaban J connectivity index is 2.31. The summed E-state index contributed by atoms with van der Waals surface area (Å²) in [6.45, 7) is 3.00. The molecule has 82 valence electrons. The number of aryl methyl sites for hydroxylation is 1. The van der Waals surface area contributed by atoms with Crippen LogP contribution in [0.4, 0.5) is 0 Å². The number of pyridine rings is 1. The monoisotopic (exact) mass is 212 g/mol. The van der Waals surface area contributed by atoms with Gasteiger partial charge in [-0.3, -0.25) is 4.98 Å². The first-order chi connectivity index (χ1) is 7.81. The second-order valence-corrected chi connectivity index (χ2v) is 3.92. The molecule has 0 saturated heterocycles. The predicted molar refractivity (Wildman–Crippen MR) is 67.2 cm³/mol. The minimum atomic E-state index is 0.912. The first-order valence-corrected chi connectivity index (χ1v) is 5.46. The van der Waals surface area contributed by atoms with Crippen molar-refractivity contribution in [2.45, 2.75) is 13.5 Å². The normalized spacial score (nSPS) is 10.4. The number of nitrogens with one attached hydrogen (secondary N) is 1. The first-order valence-electron chi connectivity index (χ1n) is 5.46. The van der Waals surface area contributed by atoms with Gasteiger partial charge in [-0.25, -0.2) is 0 Å². The molecule has 1 heterocycles. The third-order valence-electron chi connectivity index (χ3n) is 2.67. The number of hydrogen-bond acceptors (Lipinski definition) is 2. The van der Waals surface area contributed by atoms with E-state index in [4.69, 9.17) is 0 Å². The van der Waals surface area contributed by atoms with Gasteiger partial charge in [0.1, 0.15) is 0 Å². The highest BCUT2D eigenvalue weighted by atomic mass is 14.8. The maximum Gasteiger partial charge on any atom is 0.0303 e. The molecule has 0 unspecified atom stereocenters. The van der Waals surface area contributed by atoms with Gasteiger partial charge in [0.05, 0.1) is 0 Å². The van der Waals surface area contributed by atoms with E-state index in [0.29, 0.717) is 0 Å². The molecule has 0 atom stereocenters. The molecule has 2 aromatic rings. The Bertz CT molecular complexity index is 460. The van der Waals surface area contributed by atoms with Crippen molar-refractivity contribution in [3.63, 3.8) is 0 Å². The zero-order chi connectivity index (χ0) is 11.4. The Hall–Kier alpha value is -1.67. The molecule has 1 aromatic heterocycles. The second kappa shape index (κ2) is 4.90. The van der Waals surface area contributed by atoms with Crippen LogP contribution in [0.5, 0.6) is 0 Å². The van der Waals surface area contributed by atoms with E-state index in [1.807, 2.05) is 19.4 Å². The number of benzene rings is 1. The number of nitrogens with zero attached hydrogens (tertiary/aromatic N) is 1. The highest BCUT2D eigenvalue weighted by molar-refractivity contribution is 5.66. The summed E-state index contributed by atoms with van der Waals surface area (Å²) in [7, 11) is 1.96. The number of hydrogen-bond donors (Lipinski definition) is 1. The van der Waals surface area contributed by atoms with Gasteiger partial charge in [-0.15, -0.1) is 0 Å². The lowest BCUT2D eigenvalue weighted by molar-refractivity contribution is 0.818. The van der Waals surface area contributed by atoms with Gasteiger partial charge in [-0.1, -0.05) is 24.3 Å². The van der Waals surface area contributed by atoms with E-state index in [9.17, 15) is 0 Å². The van der Waals surface area contributed by atoms with Gasteiger partial charge >= 0.3 is 0 Å². The summed E-state index contributed by atoms with van der Waals surface area (Å²) in [6.07, 6.45) is 3.74. The van der Waals surface area contributed by atoms with Gasteiger partial charge in [0.25, 0.3) is 0 Å². The lowest BCUT2D eigenvalue weighted by Crippen LogP contribution is -2.04. The predicted octanol–water partition coefficient (Wildman–Crippen LogP) is 2.78. The van der Waals surface area contributed by atoms with Crippen molar-refractivity contribution < 1.29 is 0 Å². The van der Waals surface area contributed by atoms with Gasteiger partial charge < -0.3 is 5.32 Å². The molecule has 0 spiro atoms. The van der Waals surface area contributed by atoms with Crippen molar-refractivity contribution in [3.05, 3.63) is 53.9 Å². The molecule has 0 amide bonds. The summed E-state index contributed by atoms with van der Waals surface area (Å²) in [6, 6.07) is 10.7. The molecule has 0 aliphatic carbocycles. The molecule has 0 aliphatic heterocycles.